The SMILES string of the molecule is COc1ccc(C(=O)C(CO)Oc2c(OC)cccc2OC)cc1OC. The lowest BCUT2D eigenvalue weighted by Gasteiger charge is -2.20. The summed E-state index contributed by atoms with van der Waals surface area (Å²) in [6.45, 7) is -0.519. The number of carbonyl (C=O) groups excluding carboxylic acids is 1. The largest absolute Gasteiger partial charge is 0.493 e. The number of carbonyl (C=O) groups is 1. The fraction of sp³-hybridized carbons (Fsp3) is 0.316. The van der Waals surface area contributed by atoms with Crippen LogP contribution in [0.1, 0.15) is 10.4 Å². The zero-order valence-electron chi connectivity index (χ0n) is 15.1. The van der Waals surface area contributed by atoms with E-state index in [1.165, 1.54) is 34.5 Å². The Morgan fingerprint density at radius 2 is 1.46 bits per heavy atom. The highest BCUT2D eigenvalue weighted by Gasteiger charge is 2.25. The highest BCUT2D eigenvalue weighted by atomic mass is 16.6. The molecule has 0 heterocycles. The minimum atomic E-state index is -1.14. The predicted octanol–water partition coefficient (Wildman–Crippen LogP) is 2.34. The van der Waals surface area contributed by atoms with Gasteiger partial charge >= 0.3 is 0 Å². The molecule has 0 aromatic heterocycles. The quantitative estimate of drug-likeness (QED) is 0.686. The van der Waals surface area contributed by atoms with Gasteiger partial charge in [-0.1, -0.05) is 6.07 Å². The van der Waals surface area contributed by atoms with Crippen LogP contribution in [0.2, 0.25) is 0 Å². The summed E-state index contributed by atoms with van der Waals surface area (Å²) >= 11 is 0. The summed E-state index contributed by atoms with van der Waals surface area (Å²) in [6.07, 6.45) is -1.14. The zero-order chi connectivity index (χ0) is 19.1. The van der Waals surface area contributed by atoms with Gasteiger partial charge in [-0.2, -0.15) is 0 Å². The predicted molar refractivity (Wildman–Crippen MR) is 94.9 cm³/mol. The summed E-state index contributed by atoms with van der Waals surface area (Å²) in [5.74, 6) is 1.51. The molecule has 0 fully saturated rings. The molecule has 0 bridgehead atoms. The molecule has 0 radical (unpaired) electrons. The number of hydrogen-bond acceptors (Lipinski definition) is 7. The van der Waals surface area contributed by atoms with Gasteiger partial charge in [0.25, 0.3) is 0 Å². The number of Topliss-reactive ketones (excluding diaryl/α,β-unsaturated/α-hetero) is 1. The van der Waals surface area contributed by atoms with Crippen molar-refractivity contribution >= 4 is 5.78 Å². The molecule has 2 aromatic rings. The van der Waals surface area contributed by atoms with Gasteiger partial charge in [0.05, 0.1) is 35.0 Å². The molecule has 7 nitrogen and oxygen atoms in total. The number of hydrogen-bond donors (Lipinski definition) is 1. The first-order valence-corrected chi connectivity index (χ1v) is 7.84. The van der Waals surface area contributed by atoms with E-state index in [1.807, 2.05) is 0 Å². The summed E-state index contributed by atoms with van der Waals surface area (Å²) in [5, 5.41) is 9.69. The van der Waals surface area contributed by atoms with Crippen molar-refractivity contribution in [2.24, 2.45) is 0 Å². The van der Waals surface area contributed by atoms with E-state index in [2.05, 4.69) is 0 Å². The second-order valence-corrected chi connectivity index (χ2v) is 5.21. The van der Waals surface area contributed by atoms with Crippen LogP contribution in [0.25, 0.3) is 0 Å². The lowest BCUT2D eigenvalue weighted by molar-refractivity contribution is 0.0644. The monoisotopic (exact) mass is 362 g/mol. The molecule has 1 N–H and O–H groups in total. The van der Waals surface area contributed by atoms with E-state index in [9.17, 15) is 9.90 Å². The van der Waals surface area contributed by atoms with E-state index in [1.54, 1.807) is 30.3 Å². The number of ketones is 1. The lowest BCUT2D eigenvalue weighted by Crippen LogP contribution is -2.31. The summed E-state index contributed by atoms with van der Waals surface area (Å²) in [6, 6.07) is 9.81. The van der Waals surface area contributed by atoms with Gasteiger partial charge in [-0.25, -0.2) is 0 Å². The Morgan fingerprint density at radius 3 is 1.96 bits per heavy atom. The minimum Gasteiger partial charge on any atom is -0.493 e. The molecular weight excluding hydrogens is 340 g/mol. The van der Waals surface area contributed by atoms with Crippen molar-refractivity contribution in [3.63, 3.8) is 0 Å². The average molecular weight is 362 g/mol. The first kappa shape index (κ1) is 19.4. The van der Waals surface area contributed by atoms with E-state index in [0.29, 0.717) is 28.6 Å². The van der Waals surface area contributed by atoms with Crippen molar-refractivity contribution < 1.29 is 33.6 Å². The van der Waals surface area contributed by atoms with Gasteiger partial charge in [0.15, 0.2) is 29.1 Å². The molecule has 140 valence electrons. The number of para-hydroxylation sites is 1. The van der Waals surface area contributed by atoms with Crippen LogP contribution in [0.5, 0.6) is 28.7 Å². The molecule has 0 spiro atoms. The van der Waals surface area contributed by atoms with Crippen molar-refractivity contribution in [2.75, 3.05) is 35.0 Å². The van der Waals surface area contributed by atoms with E-state index < -0.39 is 18.5 Å². The van der Waals surface area contributed by atoms with Gasteiger partial charge in [0.2, 0.25) is 11.5 Å². The third-order valence-corrected chi connectivity index (χ3v) is 3.77. The maximum absolute atomic E-state index is 12.8. The van der Waals surface area contributed by atoms with Crippen molar-refractivity contribution in [2.45, 2.75) is 6.10 Å². The van der Waals surface area contributed by atoms with Crippen LogP contribution in [0.4, 0.5) is 0 Å². The Morgan fingerprint density at radius 1 is 0.885 bits per heavy atom. The van der Waals surface area contributed by atoms with E-state index in [0.717, 1.165) is 0 Å². The molecule has 0 saturated heterocycles. The van der Waals surface area contributed by atoms with E-state index in [-0.39, 0.29) is 5.75 Å². The summed E-state index contributed by atoms with van der Waals surface area (Å²) in [7, 11) is 5.94. The first-order chi connectivity index (χ1) is 12.6. The molecule has 26 heavy (non-hydrogen) atoms. The van der Waals surface area contributed by atoms with E-state index in [4.69, 9.17) is 23.7 Å². The Balaban J connectivity index is 2.33. The topological polar surface area (TPSA) is 83.5 Å². The van der Waals surface area contributed by atoms with Crippen LogP contribution in [0, 0.1) is 0 Å². The number of ether oxygens (including phenoxy) is 5. The van der Waals surface area contributed by atoms with Crippen molar-refractivity contribution in [1.82, 2.24) is 0 Å². The molecule has 0 aliphatic heterocycles. The molecule has 7 heteroatoms. The van der Waals surface area contributed by atoms with Gasteiger partial charge in [0, 0.05) is 5.56 Å². The normalized spacial score (nSPS) is 11.4. The number of aliphatic hydroxyl groups excluding tert-OH is 1. The summed E-state index contributed by atoms with van der Waals surface area (Å²) in [4.78, 5) is 12.8. The molecule has 2 rings (SSSR count). The molecule has 0 amide bonds. The van der Waals surface area contributed by atoms with Crippen LogP contribution in [-0.2, 0) is 0 Å². The van der Waals surface area contributed by atoms with Gasteiger partial charge in [0.1, 0.15) is 0 Å². The van der Waals surface area contributed by atoms with Crippen LogP contribution in [-0.4, -0.2) is 52.0 Å². The Bertz CT molecular complexity index is 735. The number of benzene rings is 2. The average Bonchev–Trinajstić information content (AvgIpc) is 2.70. The van der Waals surface area contributed by atoms with Crippen LogP contribution >= 0.6 is 0 Å². The fourth-order valence-corrected chi connectivity index (χ4v) is 2.42. The first-order valence-electron chi connectivity index (χ1n) is 7.84. The Kier molecular flexibility index (Phi) is 6.68. The van der Waals surface area contributed by atoms with Crippen molar-refractivity contribution in [3.8, 4) is 28.7 Å². The van der Waals surface area contributed by atoms with Crippen LogP contribution < -0.4 is 23.7 Å². The lowest BCUT2D eigenvalue weighted by atomic mass is 10.1. The van der Waals surface area contributed by atoms with Crippen molar-refractivity contribution in [1.29, 1.82) is 0 Å². The number of rotatable bonds is 9. The number of aliphatic hydroxyl groups is 1. The van der Waals surface area contributed by atoms with Gasteiger partial charge in [-0.15, -0.1) is 0 Å². The third kappa shape index (κ3) is 4.00. The van der Waals surface area contributed by atoms with Crippen molar-refractivity contribution in [3.05, 3.63) is 42.0 Å². The second-order valence-electron chi connectivity index (χ2n) is 5.21. The highest BCUT2D eigenvalue weighted by Crippen LogP contribution is 2.38. The summed E-state index contributed by atoms with van der Waals surface area (Å²) in [5.41, 5.74) is 0.315. The molecule has 0 aliphatic carbocycles. The minimum absolute atomic E-state index is 0.241. The van der Waals surface area contributed by atoms with Gasteiger partial charge in [-0.3, -0.25) is 4.79 Å². The molecule has 0 saturated carbocycles. The standard InChI is InChI=1S/C19H22O7/c1-22-13-9-8-12(10-16(13)25-4)18(21)17(11-20)26-19-14(23-2)6-5-7-15(19)24-3/h5-10,17,20H,11H2,1-4H3. The second kappa shape index (κ2) is 8.96. The van der Waals surface area contributed by atoms with Crippen LogP contribution in [0.15, 0.2) is 36.4 Å². The molecule has 2 aromatic carbocycles. The zero-order valence-corrected chi connectivity index (χ0v) is 15.1. The fourth-order valence-electron chi connectivity index (χ4n) is 2.42. The van der Waals surface area contributed by atoms with Gasteiger partial charge < -0.3 is 28.8 Å². The highest BCUT2D eigenvalue weighted by molar-refractivity contribution is 6.00. The van der Waals surface area contributed by atoms with Crippen LogP contribution in [0.3, 0.4) is 0 Å². The molecule has 1 atom stereocenters. The summed E-state index contributed by atoms with van der Waals surface area (Å²) < 4.78 is 26.6. The maximum Gasteiger partial charge on any atom is 0.205 e. The van der Waals surface area contributed by atoms with E-state index >= 15 is 0 Å². The van der Waals surface area contributed by atoms with Gasteiger partial charge in [-0.05, 0) is 30.3 Å². The maximum atomic E-state index is 12.8. The third-order valence-electron chi connectivity index (χ3n) is 3.77. The molecule has 0 aliphatic rings. The molecular formula is C19H22O7. The Hall–Kier alpha value is -2.93. The Labute approximate surface area is 152 Å². The smallest absolute Gasteiger partial charge is 0.205 e. The molecule has 1 unspecified atom stereocenters. The number of methoxy groups -OCH3 is 4.